The van der Waals surface area contributed by atoms with Crippen LogP contribution in [0.3, 0.4) is 0 Å². The monoisotopic (exact) mass is 719 g/mol. The summed E-state index contributed by atoms with van der Waals surface area (Å²) < 4.78 is 26.6. The molecule has 1 aliphatic heterocycles. The van der Waals surface area contributed by atoms with Crippen LogP contribution in [0.4, 0.5) is 0 Å². The van der Waals surface area contributed by atoms with Crippen LogP contribution >= 0.6 is 34.5 Å². The van der Waals surface area contributed by atoms with Gasteiger partial charge in [-0.2, -0.15) is 0 Å². The molecule has 3 aromatic carbocycles. The molecule has 0 spiro atoms. The third-order valence-electron chi connectivity index (χ3n) is 8.45. The first-order chi connectivity index (χ1) is 23.7. The molecule has 0 radical (unpaired) electrons. The lowest BCUT2D eigenvalue weighted by atomic mass is 9.94. The van der Waals surface area contributed by atoms with Crippen molar-refractivity contribution in [3.63, 3.8) is 0 Å². The molecule has 1 aliphatic rings. The Morgan fingerprint density at radius 1 is 1.02 bits per heavy atom. The van der Waals surface area contributed by atoms with Gasteiger partial charge in [0.15, 0.2) is 16.3 Å². The van der Waals surface area contributed by atoms with Gasteiger partial charge in [0.25, 0.3) is 5.56 Å². The molecule has 0 bridgehead atoms. The van der Waals surface area contributed by atoms with Crippen LogP contribution in [-0.4, -0.2) is 49.1 Å². The summed E-state index contributed by atoms with van der Waals surface area (Å²) in [4.78, 5) is 33.5. The van der Waals surface area contributed by atoms with E-state index in [2.05, 4.69) is 10.6 Å². The fraction of sp³-hybridized carbons (Fsp3) is 0.270. The SMILES string of the molecule is CCOc1c(OC)cccc1[C@@H]1C(C(=O)OCCOC)=C(C)N=c2s/c(=C/c3c(C)n(Cc4ccc(Cl)c(Cl)c4)c4ccccc34)c(=O)n21. The first-order valence-corrected chi connectivity index (χ1v) is 17.3. The van der Waals surface area contributed by atoms with Crippen molar-refractivity contribution in [2.75, 3.05) is 34.0 Å². The van der Waals surface area contributed by atoms with Crippen LogP contribution in [0.5, 0.6) is 11.5 Å². The highest BCUT2D eigenvalue weighted by atomic mass is 35.5. The largest absolute Gasteiger partial charge is 0.493 e. The van der Waals surface area contributed by atoms with Gasteiger partial charge in [-0.15, -0.1) is 0 Å². The van der Waals surface area contributed by atoms with Crippen molar-refractivity contribution in [1.82, 2.24) is 9.13 Å². The number of halogens is 2. The van der Waals surface area contributed by atoms with Crippen LogP contribution in [0.25, 0.3) is 17.0 Å². The smallest absolute Gasteiger partial charge is 0.338 e. The van der Waals surface area contributed by atoms with Crippen LogP contribution in [0.1, 0.15) is 42.3 Å². The van der Waals surface area contributed by atoms with Gasteiger partial charge in [0.1, 0.15) is 12.6 Å². The number of methoxy groups -OCH3 is 2. The van der Waals surface area contributed by atoms with Gasteiger partial charge >= 0.3 is 5.97 Å². The van der Waals surface area contributed by atoms with E-state index in [1.54, 1.807) is 30.7 Å². The Kier molecular flexibility index (Phi) is 10.3. The Labute approximate surface area is 297 Å². The summed E-state index contributed by atoms with van der Waals surface area (Å²) >= 11 is 13.8. The fourth-order valence-corrected chi connectivity index (χ4v) is 7.52. The van der Waals surface area contributed by atoms with Crippen molar-refractivity contribution in [2.45, 2.75) is 33.4 Å². The molecule has 0 saturated carbocycles. The maximum atomic E-state index is 14.6. The molecule has 6 rings (SSSR count). The predicted octanol–water partition coefficient (Wildman–Crippen LogP) is 6.45. The molecule has 0 saturated heterocycles. The molecule has 49 heavy (non-hydrogen) atoms. The first-order valence-electron chi connectivity index (χ1n) is 15.7. The van der Waals surface area contributed by atoms with E-state index in [1.807, 2.05) is 62.4 Å². The summed E-state index contributed by atoms with van der Waals surface area (Å²) in [6, 6.07) is 18.2. The number of esters is 1. The molecule has 5 aromatic rings. The highest BCUT2D eigenvalue weighted by Gasteiger charge is 2.36. The third kappa shape index (κ3) is 6.53. The molecular weight excluding hydrogens is 685 g/mol. The van der Waals surface area contributed by atoms with E-state index in [1.165, 1.54) is 18.4 Å². The summed E-state index contributed by atoms with van der Waals surface area (Å²) in [6.07, 6.45) is 1.91. The summed E-state index contributed by atoms with van der Waals surface area (Å²) in [5.41, 5.74) is 4.85. The Bertz CT molecular complexity index is 2290. The summed E-state index contributed by atoms with van der Waals surface area (Å²) in [7, 11) is 3.08. The van der Waals surface area contributed by atoms with E-state index >= 15 is 0 Å². The van der Waals surface area contributed by atoms with Gasteiger partial charge in [0.05, 0.1) is 46.2 Å². The van der Waals surface area contributed by atoms with E-state index in [0.29, 0.717) is 55.3 Å². The van der Waals surface area contributed by atoms with Crippen LogP contribution in [0.15, 0.2) is 81.7 Å². The number of carbonyl (C=O) groups excluding carboxylic acids is 1. The van der Waals surface area contributed by atoms with Gasteiger partial charge in [0.2, 0.25) is 0 Å². The number of allylic oxidation sites excluding steroid dienone is 1. The maximum absolute atomic E-state index is 14.6. The maximum Gasteiger partial charge on any atom is 0.338 e. The average molecular weight is 721 g/mol. The van der Waals surface area contributed by atoms with Crippen molar-refractivity contribution in [3.8, 4) is 11.5 Å². The molecule has 0 aliphatic carbocycles. The van der Waals surface area contributed by atoms with Crippen LogP contribution < -0.4 is 24.4 Å². The topological polar surface area (TPSA) is 93.3 Å². The molecular formula is C37H35Cl2N3O6S. The van der Waals surface area contributed by atoms with Gasteiger partial charge in [0, 0.05) is 41.4 Å². The Morgan fingerprint density at radius 3 is 2.55 bits per heavy atom. The van der Waals surface area contributed by atoms with Gasteiger partial charge < -0.3 is 23.5 Å². The molecule has 0 unspecified atom stereocenters. The van der Waals surface area contributed by atoms with Gasteiger partial charge in [-0.1, -0.05) is 70.9 Å². The molecule has 0 N–H and O–H groups in total. The molecule has 2 aromatic heterocycles. The van der Waals surface area contributed by atoms with Crippen LogP contribution in [-0.2, 0) is 20.8 Å². The molecule has 9 nitrogen and oxygen atoms in total. The highest BCUT2D eigenvalue weighted by molar-refractivity contribution is 7.07. The second-order valence-corrected chi connectivity index (χ2v) is 13.2. The summed E-state index contributed by atoms with van der Waals surface area (Å²) in [6.45, 7) is 6.82. The molecule has 1 atom stereocenters. The van der Waals surface area contributed by atoms with E-state index in [0.717, 1.165) is 27.7 Å². The lowest BCUT2D eigenvalue weighted by Crippen LogP contribution is -2.40. The quantitative estimate of drug-likeness (QED) is 0.115. The molecule has 3 heterocycles. The first kappa shape index (κ1) is 34.5. The molecule has 0 fully saturated rings. The van der Waals surface area contributed by atoms with Crippen LogP contribution in [0, 0.1) is 6.92 Å². The summed E-state index contributed by atoms with van der Waals surface area (Å²) in [5.74, 6) is 0.322. The third-order valence-corrected chi connectivity index (χ3v) is 10.2. The zero-order valence-electron chi connectivity index (χ0n) is 27.7. The highest BCUT2D eigenvalue weighted by Crippen LogP contribution is 2.41. The zero-order chi connectivity index (χ0) is 34.8. The second-order valence-electron chi connectivity index (χ2n) is 11.4. The lowest BCUT2D eigenvalue weighted by molar-refractivity contribution is -0.140. The minimum atomic E-state index is -0.887. The minimum absolute atomic E-state index is 0.0469. The number of thiazole rings is 1. The standard InChI is InChI=1S/C37H35Cl2N3O6S/c1-6-47-34-25(11-9-13-30(34)46-5)33-32(36(44)48-17-16-45-4)21(2)40-37-42(33)35(43)31(49-37)19-26-22(3)41(29-12-8-7-10-24(26)29)20-23-14-15-27(38)28(39)18-23/h7-15,18-19,33H,6,16-17,20H2,1-5H3/b31-19+/t33-/m1/s1. The van der Waals surface area contributed by atoms with Crippen molar-refractivity contribution >= 4 is 57.5 Å². The van der Waals surface area contributed by atoms with Gasteiger partial charge in [-0.3, -0.25) is 9.36 Å². The summed E-state index contributed by atoms with van der Waals surface area (Å²) in [5, 5.41) is 1.98. The Balaban J connectivity index is 1.55. The number of benzene rings is 3. The Hall–Kier alpha value is -4.35. The molecule has 12 heteroatoms. The number of para-hydroxylation sites is 2. The van der Waals surface area contributed by atoms with Crippen LogP contribution in [0.2, 0.25) is 10.0 Å². The number of nitrogens with zero attached hydrogens (tertiary/aromatic N) is 3. The van der Waals surface area contributed by atoms with E-state index in [4.69, 9.17) is 47.1 Å². The Morgan fingerprint density at radius 2 is 1.82 bits per heavy atom. The van der Waals surface area contributed by atoms with E-state index < -0.39 is 12.0 Å². The fourth-order valence-electron chi connectivity index (χ4n) is 6.18. The zero-order valence-corrected chi connectivity index (χ0v) is 30.0. The average Bonchev–Trinajstić information content (AvgIpc) is 3.54. The second kappa shape index (κ2) is 14.6. The van der Waals surface area contributed by atoms with Crippen molar-refractivity contribution in [2.24, 2.45) is 4.99 Å². The lowest BCUT2D eigenvalue weighted by Gasteiger charge is -2.27. The number of rotatable bonds is 11. The number of carbonyl (C=O) groups is 1. The number of hydrogen-bond acceptors (Lipinski definition) is 8. The number of fused-ring (bicyclic) bond motifs is 2. The number of aromatic nitrogens is 2. The van der Waals surface area contributed by atoms with E-state index in [9.17, 15) is 9.59 Å². The molecule has 254 valence electrons. The van der Waals surface area contributed by atoms with Gasteiger partial charge in [-0.25, -0.2) is 9.79 Å². The molecule has 0 amide bonds. The number of hydrogen-bond donors (Lipinski definition) is 0. The van der Waals surface area contributed by atoms with E-state index in [-0.39, 0.29) is 24.3 Å². The van der Waals surface area contributed by atoms with Crippen molar-refractivity contribution in [1.29, 1.82) is 0 Å². The minimum Gasteiger partial charge on any atom is -0.493 e. The van der Waals surface area contributed by atoms with Crippen molar-refractivity contribution < 1.29 is 23.7 Å². The number of ether oxygens (including phenoxy) is 4. The van der Waals surface area contributed by atoms with Crippen molar-refractivity contribution in [3.05, 3.63) is 124 Å². The van der Waals surface area contributed by atoms with Gasteiger partial charge in [-0.05, 0) is 56.7 Å². The normalized spacial score (nSPS) is 14.6. The predicted molar refractivity (Wildman–Crippen MR) is 193 cm³/mol.